The van der Waals surface area contributed by atoms with Crippen LogP contribution in [-0.4, -0.2) is 67.4 Å². The third-order valence-electron chi connectivity index (χ3n) is 2.44. The summed E-state index contributed by atoms with van der Waals surface area (Å²) in [6, 6.07) is -1.37. The van der Waals surface area contributed by atoms with E-state index in [0.717, 1.165) is 0 Å². The van der Waals surface area contributed by atoms with Crippen LogP contribution in [0.15, 0.2) is 0 Å². The van der Waals surface area contributed by atoms with Crippen LogP contribution in [0.25, 0.3) is 0 Å². The zero-order valence-corrected chi connectivity index (χ0v) is 12.0. The number of rotatable bonds is 7. The van der Waals surface area contributed by atoms with Crippen molar-refractivity contribution in [1.82, 2.24) is 9.80 Å². The molecule has 0 aliphatic rings. The highest BCUT2D eigenvalue weighted by atomic mass is 16.5. The molecule has 2 N–H and O–H groups in total. The number of hydrogen-bond donors (Lipinski definition) is 1. The van der Waals surface area contributed by atoms with Crippen molar-refractivity contribution in [2.45, 2.75) is 26.3 Å². The molecule has 0 aromatic heterocycles. The van der Waals surface area contributed by atoms with Gasteiger partial charge in [-0.05, 0) is 13.3 Å². The molecule has 7 heteroatoms. The fourth-order valence-electron chi connectivity index (χ4n) is 1.37. The van der Waals surface area contributed by atoms with E-state index in [-0.39, 0.29) is 19.1 Å². The monoisotopic (exact) mass is 273 g/mol. The van der Waals surface area contributed by atoms with Crippen LogP contribution in [0.4, 0.5) is 0 Å². The molecule has 0 saturated carbocycles. The minimum atomic E-state index is -1.37. The van der Waals surface area contributed by atoms with Crippen LogP contribution in [0.2, 0.25) is 0 Å². The van der Waals surface area contributed by atoms with E-state index < -0.39 is 17.9 Å². The number of ether oxygens (including phenoxy) is 1. The van der Waals surface area contributed by atoms with Gasteiger partial charge >= 0.3 is 5.97 Å². The van der Waals surface area contributed by atoms with E-state index in [1.54, 1.807) is 21.0 Å². The Labute approximate surface area is 113 Å². The summed E-state index contributed by atoms with van der Waals surface area (Å²) in [5.74, 6) is -1.58. The average molecular weight is 273 g/mol. The summed E-state index contributed by atoms with van der Waals surface area (Å²) in [5, 5.41) is 0. The first-order valence-electron chi connectivity index (χ1n) is 6.26. The van der Waals surface area contributed by atoms with Crippen molar-refractivity contribution in [3.63, 3.8) is 0 Å². The van der Waals surface area contributed by atoms with E-state index in [4.69, 9.17) is 10.5 Å². The first-order chi connectivity index (χ1) is 8.84. The molecule has 0 aromatic rings. The molecule has 0 aliphatic heterocycles. The lowest BCUT2D eigenvalue weighted by Crippen LogP contribution is -2.51. The Kier molecular flexibility index (Phi) is 7.74. The number of amides is 2. The van der Waals surface area contributed by atoms with Gasteiger partial charge in [0.15, 0.2) is 6.04 Å². The molecule has 2 amide bonds. The fourth-order valence-corrected chi connectivity index (χ4v) is 1.37. The van der Waals surface area contributed by atoms with Crippen molar-refractivity contribution in [1.29, 1.82) is 0 Å². The van der Waals surface area contributed by atoms with Crippen LogP contribution in [-0.2, 0) is 19.1 Å². The highest BCUT2D eigenvalue weighted by Gasteiger charge is 2.29. The molecule has 0 heterocycles. The van der Waals surface area contributed by atoms with Gasteiger partial charge in [-0.2, -0.15) is 0 Å². The van der Waals surface area contributed by atoms with Gasteiger partial charge in [0, 0.05) is 20.6 Å². The number of likely N-dealkylation sites (N-methyl/N-ethyl adjacent to an activating group) is 1. The summed E-state index contributed by atoms with van der Waals surface area (Å²) >= 11 is 0. The van der Waals surface area contributed by atoms with Crippen LogP contribution < -0.4 is 5.73 Å². The van der Waals surface area contributed by atoms with E-state index in [2.05, 4.69) is 0 Å². The van der Waals surface area contributed by atoms with E-state index in [9.17, 15) is 14.4 Å². The Morgan fingerprint density at radius 2 is 1.79 bits per heavy atom. The quantitative estimate of drug-likeness (QED) is 0.484. The molecule has 1 unspecified atom stereocenters. The van der Waals surface area contributed by atoms with Crippen molar-refractivity contribution < 1.29 is 19.1 Å². The number of carbonyl (C=O) groups is 3. The van der Waals surface area contributed by atoms with E-state index in [0.29, 0.717) is 13.0 Å². The summed E-state index contributed by atoms with van der Waals surface area (Å²) < 4.78 is 4.70. The third-order valence-corrected chi connectivity index (χ3v) is 2.44. The summed E-state index contributed by atoms with van der Waals surface area (Å²) in [7, 11) is 3.20. The van der Waals surface area contributed by atoms with Gasteiger partial charge in [-0.1, -0.05) is 6.92 Å². The van der Waals surface area contributed by atoms with E-state index in [1.807, 2.05) is 6.92 Å². The van der Waals surface area contributed by atoms with Gasteiger partial charge in [0.05, 0.1) is 13.2 Å². The Hall–Kier alpha value is -1.63. The molecule has 0 radical (unpaired) electrons. The zero-order chi connectivity index (χ0) is 15.0. The average Bonchev–Trinajstić information content (AvgIpc) is 2.36. The number of carbonyl (C=O) groups excluding carboxylic acids is 3. The van der Waals surface area contributed by atoms with Gasteiger partial charge in [-0.3, -0.25) is 9.59 Å². The summed E-state index contributed by atoms with van der Waals surface area (Å²) in [5.41, 5.74) is 5.54. The van der Waals surface area contributed by atoms with Gasteiger partial charge < -0.3 is 20.3 Å². The predicted molar refractivity (Wildman–Crippen MR) is 70.2 cm³/mol. The van der Waals surface area contributed by atoms with Crippen LogP contribution in [0.5, 0.6) is 0 Å². The van der Waals surface area contributed by atoms with Crippen molar-refractivity contribution in [3.8, 4) is 0 Å². The van der Waals surface area contributed by atoms with Crippen molar-refractivity contribution in [2.24, 2.45) is 5.73 Å². The smallest absolute Gasteiger partial charge is 0.332 e. The zero-order valence-electron chi connectivity index (χ0n) is 12.0. The predicted octanol–water partition coefficient (Wildman–Crippen LogP) is -0.796. The van der Waals surface area contributed by atoms with Gasteiger partial charge in [0.25, 0.3) is 5.91 Å². The molecular weight excluding hydrogens is 250 g/mol. The Balaban J connectivity index is 4.73. The standard InChI is InChI=1S/C12H23N3O4/c1-5-7-15(8-9(16)14(3)4)11(17)10(13)12(18)19-6-2/h10H,5-8,13H2,1-4H3. The molecule has 110 valence electrons. The summed E-state index contributed by atoms with van der Waals surface area (Å²) in [6.45, 7) is 3.94. The van der Waals surface area contributed by atoms with Crippen molar-refractivity contribution >= 4 is 17.8 Å². The summed E-state index contributed by atoms with van der Waals surface area (Å²) in [4.78, 5) is 37.7. The topological polar surface area (TPSA) is 92.9 Å². The first kappa shape index (κ1) is 17.4. The maximum absolute atomic E-state index is 12.0. The minimum absolute atomic E-state index is 0.0905. The van der Waals surface area contributed by atoms with Gasteiger partial charge in [-0.25, -0.2) is 4.79 Å². The molecule has 0 bridgehead atoms. The second-order valence-corrected chi connectivity index (χ2v) is 4.28. The van der Waals surface area contributed by atoms with Gasteiger partial charge in [-0.15, -0.1) is 0 Å². The second kappa shape index (κ2) is 8.47. The van der Waals surface area contributed by atoms with E-state index in [1.165, 1.54) is 9.80 Å². The van der Waals surface area contributed by atoms with Gasteiger partial charge in [0.1, 0.15) is 0 Å². The minimum Gasteiger partial charge on any atom is -0.464 e. The van der Waals surface area contributed by atoms with Gasteiger partial charge in [0.2, 0.25) is 5.91 Å². The maximum atomic E-state index is 12.0. The Morgan fingerprint density at radius 1 is 1.21 bits per heavy atom. The molecule has 0 fully saturated rings. The Morgan fingerprint density at radius 3 is 2.21 bits per heavy atom. The molecule has 0 aromatic carbocycles. The molecule has 7 nitrogen and oxygen atoms in total. The highest BCUT2D eigenvalue weighted by Crippen LogP contribution is 1.99. The largest absolute Gasteiger partial charge is 0.464 e. The molecule has 19 heavy (non-hydrogen) atoms. The summed E-state index contributed by atoms with van der Waals surface area (Å²) in [6.07, 6.45) is 0.669. The van der Waals surface area contributed by atoms with Crippen LogP contribution in [0, 0.1) is 0 Å². The molecular formula is C12H23N3O4. The number of hydrogen-bond acceptors (Lipinski definition) is 5. The number of esters is 1. The molecule has 0 rings (SSSR count). The Bertz CT molecular complexity index is 331. The lowest BCUT2D eigenvalue weighted by atomic mass is 10.2. The molecule has 0 saturated heterocycles. The number of nitrogens with zero attached hydrogens (tertiary/aromatic N) is 2. The first-order valence-corrected chi connectivity index (χ1v) is 6.26. The van der Waals surface area contributed by atoms with Crippen molar-refractivity contribution in [3.05, 3.63) is 0 Å². The highest BCUT2D eigenvalue weighted by molar-refractivity contribution is 6.02. The lowest BCUT2D eigenvalue weighted by molar-refractivity contribution is -0.152. The van der Waals surface area contributed by atoms with Crippen LogP contribution >= 0.6 is 0 Å². The second-order valence-electron chi connectivity index (χ2n) is 4.28. The van der Waals surface area contributed by atoms with Crippen LogP contribution in [0.1, 0.15) is 20.3 Å². The van der Waals surface area contributed by atoms with Crippen molar-refractivity contribution in [2.75, 3.05) is 33.8 Å². The molecule has 0 spiro atoms. The fraction of sp³-hybridized carbons (Fsp3) is 0.750. The lowest BCUT2D eigenvalue weighted by Gasteiger charge is -2.25. The molecule has 1 atom stereocenters. The number of nitrogens with two attached hydrogens (primary N) is 1. The molecule has 0 aliphatic carbocycles. The maximum Gasteiger partial charge on any atom is 0.332 e. The van der Waals surface area contributed by atoms with Crippen LogP contribution in [0.3, 0.4) is 0 Å². The SMILES string of the molecule is CCCN(CC(=O)N(C)C)C(=O)C(N)C(=O)OCC. The van der Waals surface area contributed by atoms with E-state index >= 15 is 0 Å². The normalized spacial score (nSPS) is 11.6. The third kappa shape index (κ3) is 5.69.